The zero-order valence-corrected chi connectivity index (χ0v) is 11.1. The molecular weight excluding hydrogens is 264 g/mol. The number of rotatable bonds is 2. The van der Waals surface area contributed by atoms with Crippen LogP contribution in [-0.2, 0) is 4.74 Å². The Balaban J connectivity index is 2.10. The summed E-state index contributed by atoms with van der Waals surface area (Å²) in [5.41, 5.74) is 0.271. The van der Waals surface area contributed by atoms with Gasteiger partial charge in [-0.1, -0.05) is 0 Å². The van der Waals surface area contributed by atoms with Gasteiger partial charge in [-0.05, 0) is 13.8 Å². The summed E-state index contributed by atoms with van der Waals surface area (Å²) in [7, 11) is 0. The van der Waals surface area contributed by atoms with Gasteiger partial charge in [0.05, 0.1) is 18.6 Å². The lowest BCUT2D eigenvalue weighted by atomic mass is 9.96. The van der Waals surface area contributed by atoms with E-state index in [0.29, 0.717) is 16.9 Å². The summed E-state index contributed by atoms with van der Waals surface area (Å²) in [6.07, 6.45) is -0.0422. The van der Waals surface area contributed by atoms with Crippen LogP contribution in [0.15, 0.2) is 12.7 Å². The molecule has 8 nitrogen and oxygen atoms in total. The Hall–Kier alpha value is -1.61. The van der Waals surface area contributed by atoms with Gasteiger partial charge < -0.3 is 20.1 Å². The Morgan fingerprint density at radius 2 is 2.15 bits per heavy atom. The number of aliphatic hydroxyl groups excluding tert-OH is 2. The van der Waals surface area contributed by atoms with Gasteiger partial charge in [-0.25, -0.2) is 15.0 Å². The first-order valence-corrected chi connectivity index (χ1v) is 6.27. The molecule has 0 aliphatic carbocycles. The van der Waals surface area contributed by atoms with Gasteiger partial charge in [-0.3, -0.25) is 4.57 Å². The van der Waals surface area contributed by atoms with E-state index < -0.39 is 24.0 Å². The molecule has 108 valence electrons. The first kappa shape index (κ1) is 13.4. The number of nitrogens with zero attached hydrogens (tertiary/aromatic N) is 4. The van der Waals surface area contributed by atoms with E-state index >= 15 is 0 Å². The van der Waals surface area contributed by atoms with Crippen molar-refractivity contribution >= 4 is 11.2 Å². The van der Waals surface area contributed by atoms with Crippen molar-refractivity contribution in [1.29, 1.82) is 0 Å². The van der Waals surface area contributed by atoms with Crippen LogP contribution in [0.1, 0.15) is 18.8 Å². The van der Waals surface area contributed by atoms with Gasteiger partial charge in [0.25, 0.3) is 0 Å². The Morgan fingerprint density at radius 1 is 1.40 bits per heavy atom. The second-order valence-electron chi connectivity index (χ2n) is 5.16. The van der Waals surface area contributed by atoms with E-state index in [1.807, 2.05) is 0 Å². The molecule has 1 fully saturated rings. The summed E-state index contributed by atoms with van der Waals surface area (Å²) in [5.74, 6) is 0. The van der Waals surface area contributed by atoms with Gasteiger partial charge in [0.2, 0.25) is 0 Å². The summed E-state index contributed by atoms with van der Waals surface area (Å²) in [5, 5.41) is 29.7. The third kappa shape index (κ3) is 1.73. The largest absolute Gasteiger partial charge is 0.394 e. The summed E-state index contributed by atoms with van der Waals surface area (Å²) in [6.45, 7) is 2.88. The number of aromatic nitrogens is 4. The van der Waals surface area contributed by atoms with Crippen molar-refractivity contribution in [2.24, 2.45) is 0 Å². The van der Waals surface area contributed by atoms with Crippen LogP contribution in [0, 0.1) is 6.92 Å². The highest BCUT2D eigenvalue weighted by molar-refractivity contribution is 5.72. The molecule has 4 atom stereocenters. The maximum absolute atomic E-state index is 10.4. The van der Waals surface area contributed by atoms with Crippen molar-refractivity contribution < 1.29 is 20.1 Å². The molecule has 0 aromatic carbocycles. The summed E-state index contributed by atoms with van der Waals surface area (Å²) < 4.78 is 7.09. The molecule has 2 aromatic rings. The molecule has 3 N–H and O–H groups in total. The number of imidazole rings is 1. The minimum Gasteiger partial charge on any atom is -0.394 e. The number of fused-ring (bicyclic) bond motifs is 1. The van der Waals surface area contributed by atoms with E-state index in [2.05, 4.69) is 15.0 Å². The van der Waals surface area contributed by atoms with E-state index in [0.717, 1.165) is 0 Å². The van der Waals surface area contributed by atoms with E-state index in [1.165, 1.54) is 19.6 Å². The highest BCUT2D eigenvalue weighted by Gasteiger charge is 2.53. The van der Waals surface area contributed by atoms with Crippen molar-refractivity contribution in [3.8, 4) is 0 Å². The number of aryl methyl sites for hydroxylation is 1. The van der Waals surface area contributed by atoms with E-state index in [-0.39, 0.29) is 6.61 Å². The van der Waals surface area contributed by atoms with Gasteiger partial charge in [0.1, 0.15) is 29.7 Å². The van der Waals surface area contributed by atoms with Crippen LogP contribution in [0.5, 0.6) is 0 Å². The molecule has 8 heteroatoms. The van der Waals surface area contributed by atoms with Crippen LogP contribution in [0.3, 0.4) is 0 Å². The first-order valence-electron chi connectivity index (χ1n) is 6.27. The smallest absolute Gasteiger partial charge is 0.168 e. The zero-order chi connectivity index (χ0) is 14.5. The molecule has 3 rings (SSSR count). The zero-order valence-electron chi connectivity index (χ0n) is 11.1. The highest BCUT2D eigenvalue weighted by atomic mass is 16.6. The Kier molecular flexibility index (Phi) is 2.98. The summed E-state index contributed by atoms with van der Waals surface area (Å²) in [4.78, 5) is 12.4. The number of ether oxygens (including phenoxy) is 1. The molecule has 1 aliphatic heterocycles. The molecule has 1 saturated heterocycles. The molecule has 0 radical (unpaired) electrons. The van der Waals surface area contributed by atoms with E-state index in [1.54, 1.807) is 11.5 Å². The third-order valence-electron chi connectivity index (χ3n) is 3.73. The monoisotopic (exact) mass is 280 g/mol. The van der Waals surface area contributed by atoms with Crippen LogP contribution in [0.4, 0.5) is 0 Å². The predicted octanol–water partition coefficient (Wildman–Crippen LogP) is -0.864. The molecular formula is C12H16N4O4. The lowest BCUT2D eigenvalue weighted by molar-refractivity contribution is -0.0950. The van der Waals surface area contributed by atoms with Crippen LogP contribution in [-0.4, -0.2) is 59.3 Å². The molecule has 0 amide bonds. The molecule has 0 spiro atoms. The standard InChI is InChI=1S/C12H16N4O4/c1-6-8-10(14-4-13-6)16(5-15-8)11-12(2,19)9(18)7(3-17)20-11/h4-5,7,9,11,17-19H,3H2,1-2H3/t7?,9-,11?,12?/m1/s1. The Bertz CT molecular complexity index is 641. The maximum Gasteiger partial charge on any atom is 0.168 e. The normalized spacial score (nSPS) is 34.0. The lowest BCUT2D eigenvalue weighted by Crippen LogP contribution is -2.44. The minimum absolute atomic E-state index is 0.380. The molecule has 3 heterocycles. The Labute approximate surface area is 114 Å². The summed E-state index contributed by atoms with van der Waals surface area (Å²) >= 11 is 0. The van der Waals surface area contributed by atoms with Crippen molar-refractivity contribution in [2.75, 3.05) is 6.61 Å². The minimum atomic E-state index is -1.56. The topological polar surface area (TPSA) is 114 Å². The van der Waals surface area contributed by atoms with Crippen LogP contribution in [0.25, 0.3) is 11.2 Å². The molecule has 0 bridgehead atoms. The average Bonchev–Trinajstić information content (AvgIpc) is 2.92. The van der Waals surface area contributed by atoms with Crippen LogP contribution >= 0.6 is 0 Å². The van der Waals surface area contributed by atoms with Gasteiger partial charge >= 0.3 is 0 Å². The number of hydrogen-bond acceptors (Lipinski definition) is 7. The quantitative estimate of drug-likeness (QED) is 0.655. The molecule has 3 unspecified atom stereocenters. The molecule has 1 aliphatic rings. The van der Waals surface area contributed by atoms with Gasteiger partial charge in [-0.15, -0.1) is 0 Å². The molecule has 20 heavy (non-hydrogen) atoms. The van der Waals surface area contributed by atoms with Crippen molar-refractivity contribution in [2.45, 2.75) is 37.9 Å². The average molecular weight is 280 g/mol. The van der Waals surface area contributed by atoms with Crippen molar-refractivity contribution in [3.05, 3.63) is 18.3 Å². The summed E-state index contributed by atoms with van der Waals surface area (Å²) in [6, 6.07) is 0. The SMILES string of the molecule is Cc1ncnc2c1ncn2C1OC(CO)[C@@H](O)C1(C)O. The fourth-order valence-electron chi connectivity index (χ4n) is 2.53. The third-order valence-corrected chi connectivity index (χ3v) is 3.73. The van der Waals surface area contributed by atoms with Crippen LogP contribution in [0.2, 0.25) is 0 Å². The van der Waals surface area contributed by atoms with E-state index in [9.17, 15) is 15.3 Å². The number of aliphatic hydroxyl groups is 3. The maximum atomic E-state index is 10.4. The molecule has 0 saturated carbocycles. The fourth-order valence-corrected chi connectivity index (χ4v) is 2.53. The fraction of sp³-hybridized carbons (Fsp3) is 0.583. The molecule has 2 aromatic heterocycles. The van der Waals surface area contributed by atoms with Crippen LogP contribution < -0.4 is 0 Å². The Morgan fingerprint density at radius 3 is 2.80 bits per heavy atom. The van der Waals surface area contributed by atoms with E-state index in [4.69, 9.17) is 4.74 Å². The van der Waals surface area contributed by atoms with Gasteiger partial charge in [0.15, 0.2) is 11.9 Å². The highest BCUT2D eigenvalue weighted by Crippen LogP contribution is 2.39. The second kappa shape index (κ2) is 4.45. The lowest BCUT2D eigenvalue weighted by Gasteiger charge is -2.27. The van der Waals surface area contributed by atoms with Crippen molar-refractivity contribution in [3.63, 3.8) is 0 Å². The first-order chi connectivity index (χ1) is 9.46. The van der Waals surface area contributed by atoms with Crippen molar-refractivity contribution in [1.82, 2.24) is 19.5 Å². The van der Waals surface area contributed by atoms with Gasteiger partial charge in [0, 0.05) is 0 Å². The second-order valence-corrected chi connectivity index (χ2v) is 5.16. The number of hydrogen-bond donors (Lipinski definition) is 3. The van der Waals surface area contributed by atoms with Gasteiger partial charge in [-0.2, -0.15) is 0 Å². The predicted molar refractivity (Wildman–Crippen MR) is 67.7 cm³/mol.